The molecule has 0 N–H and O–H groups in total. The van der Waals surface area contributed by atoms with Crippen LogP contribution in [0.25, 0.3) is 11.4 Å². The summed E-state index contributed by atoms with van der Waals surface area (Å²) in [5.74, 6) is 1.16. The van der Waals surface area contributed by atoms with Gasteiger partial charge in [-0.25, -0.2) is 4.98 Å². The fourth-order valence-corrected chi connectivity index (χ4v) is 2.62. The molecule has 1 aliphatic rings. The molecule has 0 aliphatic carbocycles. The van der Waals surface area contributed by atoms with E-state index in [1.54, 1.807) is 6.07 Å². The number of hydrogen-bond acceptors (Lipinski definition) is 4. The zero-order chi connectivity index (χ0) is 14.7. The average molecular weight is 304 g/mol. The number of nitrogens with zero attached hydrogens (tertiary/aromatic N) is 3. The van der Waals surface area contributed by atoms with Crippen molar-refractivity contribution in [1.82, 2.24) is 14.9 Å². The maximum Gasteiger partial charge on any atom is 0.218 e. The summed E-state index contributed by atoms with van der Waals surface area (Å²) in [5.41, 5.74) is 0.938. The van der Waals surface area contributed by atoms with Crippen LogP contribution in [0.15, 0.2) is 36.4 Å². The SMILES string of the molecule is CN1CCC(Oc2cc(Cl)nc(-c3ccccc3)n2)CC1. The smallest absolute Gasteiger partial charge is 0.218 e. The third kappa shape index (κ3) is 3.71. The quantitative estimate of drug-likeness (QED) is 0.816. The third-order valence-corrected chi connectivity index (χ3v) is 3.85. The Balaban J connectivity index is 1.78. The molecule has 110 valence electrons. The maximum absolute atomic E-state index is 6.10. The summed E-state index contributed by atoms with van der Waals surface area (Å²) in [5, 5.41) is 0.409. The molecule has 1 fully saturated rings. The van der Waals surface area contributed by atoms with Crippen LogP contribution in [0.3, 0.4) is 0 Å². The number of rotatable bonds is 3. The first-order valence-electron chi connectivity index (χ1n) is 7.16. The summed E-state index contributed by atoms with van der Waals surface area (Å²) in [6.45, 7) is 2.10. The first-order chi connectivity index (χ1) is 10.2. The van der Waals surface area contributed by atoms with Crippen molar-refractivity contribution >= 4 is 11.6 Å². The van der Waals surface area contributed by atoms with Crippen molar-refractivity contribution in [2.75, 3.05) is 20.1 Å². The summed E-state index contributed by atoms with van der Waals surface area (Å²) in [6.07, 6.45) is 2.23. The van der Waals surface area contributed by atoms with E-state index in [-0.39, 0.29) is 6.10 Å². The first kappa shape index (κ1) is 14.3. The van der Waals surface area contributed by atoms with Gasteiger partial charge in [-0.05, 0) is 19.9 Å². The van der Waals surface area contributed by atoms with Crippen LogP contribution in [-0.2, 0) is 0 Å². The number of ether oxygens (including phenoxy) is 1. The lowest BCUT2D eigenvalue weighted by Gasteiger charge is -2.28. The molecule has 1 aliphatic heterocycles. The van der Waals surface area contributed by atoms with Gasteiger partial charge in [0, 0.05) is 24.7 Å². The van der Waals surface area contributed by atoms with Crippen molar-refractivity contribution in [3.8, 4) is 17.3 Å². The van der Waals surface area contributed by atoms with E-state index >= 15 is 0 Å². The van der Waals surface area contributed by atoms with Gasteiger partial charge in [-0.3, -0.25) is 0 Å². The molecular formula is C16H18ClN3O. The molecule has 0 spiro atoms. The van der Waals surface area contributed by atoms with Crippen molar-refractivity contribution in [2.24, 2.45) is 0 Å². The molecule has 1 aromatic carbocycles. The zero-order valence-electron chi connectivity index (χ0n) is 12.0. The van der Waals surface area contributed by atoms with Crippen molar-refractivity contribution in [3.05, 3.63) is 41.6 Å². The lowest BCUT2D eigenvalue weighted by molar-refractivity contribution is 0.110. The van der Waals surface area contributed by atoms with Gasteiger partial charge in [0.15, 0.2) is 5.82 Å². The van der Waals surface area contributed by atoms with E-state index in [9.17, 15) is 0 Å². The Morgan fingerprint density at radius 2 is 1.86 bits per heavy atom. The molecule has 21 heavy (non-hydrogen) atoms. The Kier molecular flexibility index (Phi) is 4.36. The molecule has 0 unspecified atom stereocenters. The number of hydrogen-bond donors (Lipinski definition) is 0. The van der Waals surface area contributed by atoms with Gasteiger partial charge < -0.3 is 9.64 Å². The minimum Gasteiger partial charge on any atom is -0.474 e. The molecule has 5 heteroatoms. The minimum absolute atomic E-state index is 0.204. The van der Waals surface area contributed by atoms with Gasteiger partial charge in [-0.15, -0.1) is 0 Å². The highest BCUT2D eigenvalue weighted by atomic mass is 35.5. The second-order valence-corrected chi connectivity index (χ2v) is 5.73. The van der Waals surface area contributed by atoms with Gasteiger partial charge in [-0.2, -0.15) is 4.98 Å². The minimum atomic E-state index is 0.204. The molecule has 0 atom stereocenters. The Morgan fingerprint density at radius 3 is 2.57 bits per heavy atom. The molecule has 3 rings (SSSR count). The molecule has 4 nitrogen and oxygen atoms in total. The lowest BCUT2D eigenvalue weighted by atomic mass is 10.1. The Hall–Kier alpha value is -1.65. The van der Waals surface area contributed by atoms with Crippen LogP contribution in [0, 0.1) is 0 Å². The van der Waals surface area contributed by atoms with Crippen molar-refractivity contribution < 1.29 is 4.74 Å². The summed E-state index contributed by atoms with van der Waals surface area (Å²) < 4.78 is 5.98. The van der Waals surface area contributed by atoms with E-state index in [0.29, 0.717) is 16.9 Å². The predicted octanol–water partition coefficient (Wildman–Crippen LogP) is 3.27. The summed E-state index contributed by atoms with van der Waals surface area (Å²) in [4.78, 5) is 11.1. The van der Waals surface area contributed by atoms with E-state index in [2.05, 4.69) is 21.9 Å². The van der Waals surface area contributed by atoms with Gasteiger partial charge in [-0.1, -0.05) is 41.9 Å². The molecule has 2 aromatic rings. The Morgan fingerprint density at radius 1 is 1.14 bits per heavy atom. The molecule has 0 radical (unpaired) electrons. The highest BCUT2D eigenvalue weighted by Gasteiger charge is 2.19. The highest BCUT2D eigenvalue weighted by molar-refractivity contribution is 6.29. The first-order valence-corrected chi connectivity index (χ1v) is 7.54. The van der Waals surface area contributed by atoms with Crippen molar-refractivity contribution in [3.63, 3.8) is 0 Å². The van der Waals surface area contributed by atoms with Gasteiger partial charge in [0.05, 0.1) is 0 Å². The summed E-state index contributed by atoms with van der Waals surface area (Å²) in [6, 6.07) is 11.5. The number of benzene rings is 1. The molecule has 0 saturated carbocycles. The average Bonchev–Trinajstić information content (AvgIpc) is 2.50. The van der Waals surface area contributed by atoms with Crippen LogP contribution in [0.5, 0.6) is 5.88 Å². The lowest BCUT2D eigenvalue weighted by Crippen LogP contribution is -2.35. The molecule has 0 amide bonds. The zero-order valence-corrected chi connectivity index (χ0v) is 12.8. The number of halogens is 1. The van der Waals surface area contributed by atoms with Crippen molar-refractivity contribution in [1.29, 1.82) is 0 Å². The van der Waals surface area contributed by atoms with E-state index in [1.165, 1.54) is 0 Å². The maximum atomic E-state index is 6.10. The predicted molar refractivity (Wildman–Crippen MR) is 83.6 cm³/mol. The number of aromatic nitrogens is 2. The topological polar surface area (TPSA) is 38.2 Å². The highest BCUT2D eigenvalue weighted by Crippen LogP contribution is 2.23. The van der Waals surface area contributed by atoms with Gasteiger partial charge in [0.25, 0.3) is 0 Å². The Labute approximate surface area is 129 Å². The van der Waals surface area contributed by atoms with Crippen LogP contribution >= 0.6 is 11.6 Å². The normalized spacial score (nSPS) is 16.9. The monoisotopic (exact) mass is 303 g/mol. The molecular weight excluding hydrogens is 286 g/mol. The van der Waals surface area contributed by atoms with E-state index in [1.807, 2.05) is 30.3 Å². The van der Waals surface area contributed by atoms with Crippen LogP contribution in [0.2, 0.25) is 5.15 Å². The van der Waals surface area contributed by atoms with Crippen LogP contribution in [0.1, 0.15) is 12.8 Å². The van der Waals surface area contributed by atoms with Gasteiger partial charge in [0.1, 0.15) is 11.3 Å². The van der Waals surface area contributed by atoms with E-state index < -0.39 is 0 Å². The largest absolute Gasteiger partial charge is 0.474 e. The van der Waals surface area contributed by atoms with Crippen LogP contribution in [-0.4, -0.2) is 41.1 Å². The van der Waals surface area contributed by atoms with Gasteiger partial charge >= 0.3 is 0 Å². The van der Waals surface area contributed by atoms with E-state index in [4.69, 9.17) is 16.3 Å². The molecule has 0 bridgehead atoms. The molecule has 2 heterocycles. The Bertz CT molecular complexity index is 598. The number of likely N-dealkylation sites (tertiary alicyclic amines) is 1. The van der Waals surface area contributed by atoms with Gasteiger partial charge in [0.2, 0.25) is 5.88 Å². The summed E-state index contributed by atoms with van der Waals surface area (Å²) >= 11 is 6.10. The summed E-state index contributed by atoms with van der Waals surface area (Å²) in [7, 11) is 2.13. The second-order valence-electron chi connectivity index (χ2n) is 5.34. The van der Waals surface area contributed by atoms with Crippen LogP contribution in [0.4, 0.5) is 0 Å². The standard InChI is InChI=1S/C16H18ClN3O/c1-20-9-7-13(8-10-20)21-15-11-14(17)18-16(19-15)12-5-3-2-4-6-12/h2-6,11,13H,7-10H2,1H3. The fraction of sp³-hybridized carbons (Fsp3) is 0.375. The van der Waals surface area contributed by atoms with E-state index in [0.717, 1.165) is 31.5 Å². The van der Waals surface area contributed by atoms with Crippen molar-refractivity contribution in [2.45, 2.75) is 18.9 Å². The molecule has 1 aromatic heterocycles. The second kappa shape index (κ2) is 6.41. The van der Waals surface area contributed by atoms with Crippen LogP contribution < -0.4 is 4.74 Å². The molecule has 1 saturated heterocycles. The third-order valence-electron chi connectivity index (χ3n) is 3.66. The fourth-order valence-electron chi connectivity index (χ4n) is 2.45. The number of piperidine rings is 1.